The Morgan fingerprint density at radius 1 is 0.974 bits per heavy atom. The van der Waals surface area contributed by atoms with Gasteiger partial charge in [0, 0.05) is 27.9 Å². The highest BCUT2D eigenvalue weighted by Gasteiger charge is 2.30. The van der Waals surface area contributed by atoms with Crippen LogP contribution in [-0.4, -0.2) is 57.4 Å². The fraction of sp³-hybridized carbons (Fsp3) is 0.370. The van der Waals surface area contributed by atoms with Gasteiger partial charge in [-0.3, -0.25) is 4.79 Å². The van der Waals surface area contributed by atoms with E-state index in [0.29, 0.717) is 37.4 Å². The van der Waals surface area contributed by atoms with Gasteiger partial charge in [0.15, 0.2) is 11.5 Å². The molecule has 0 N–H and O–H groups in total. The molecule has 3 aromatic rings. The molecule has 0 saturated carbocycles. The van der Waals surface area contributed by atoms with Crippen LogP contribution in [0.3, 0.4) is 0 Å². The van der Waals surface area contributed by atoms with E-state index in [-0.39, 0.29) is 33.9 Å². The molecule has 7 nitrogen and oxygen atoms in total. The van der Waals surface area contributed by atoms with E-state index in [1.807, 2.05) is 44.2 Å². The van der Waals surface area contributed by atoms with E-state index in [9.17, 15) is 13.2 Å². The highest BCUT2D eigenvalue weighted by Crippen LogP contribution is 2.29. The molecule has 2 aromatic carbocycles. The molecule has 0 aliphatic heterocycles. The van der Waals surface area contributed by atoms with E-state index in [4.69, 9.17) is 32.7 Å². The summed E-state index contributed by atoms with van der Waals surface area (Å²) >= 11 is 13.9. The molecule has 0 atom stereocenters. The molecule has 0 radical (unpaired) electrons. The summed E-state index contributed by atoms with van der Waals surface area (Å²) in [5, 5.41) is 0.308. The molecular weight excluding hydrogens is 567 g/mol. The van der Waals surface area contributed by atoms with Crippen molar-refractivity contribution in [1.82, 2.24) is 9.21 Å². The monoisotopic (exact) mass is 598 g/mol. The molecule has 38 heavy (non-hydrogen) atoms. The fourth-order valence-electron chi connectivity index (χ4n) is 3.95. The number of hydrogen-bond acceptors (Lipinski definition) is 6. The largest absolute Gasteiger partial charge is 0.493 e. The standard InChI is InChI=1S/C27H32Cl2N2O5S2/c1-5-13-31(38(33,34)26-16-21(28)8-10-23(26)29)18-27(32)30(17-22-9-6-19(2)37-22)14-12-20-7-11-24(35-3)25(15-20)36-4/h6-11,15-16H,5,12-14,17-18H2,1-4H3. The van der Waals surface area contributed by atoms with Gasteiger partial charge in [-0.05, 0) is 67.8 Å². The van der Waals surface area contributed by atoms with Crippen molar-refractivity contribution in [2.24, 2.45) is 0 Å². The number of thiophene rings is 1. The van der Waals surface area contributed by atoms with Crippen molar-refractivity contribution >= 4 is 50.5 Å². The Morgan fingerprint density at radius 2 is 1.71 bits per heavy atom. The normalized spacial score (nSPS) is 11.6. The van der Waals surface area contributed by atoms with Gasteiger partial charge in [0.1, 0.15) is 4.90 Å². The number of aryl methyl sites for hydroxylation is 1. The number of nitrogens with zero attached hydrogens (tertiary/aromatic N) is 2. The van der Waals surface area contributed by atoms with Gasteiger partial charge >= 0.3 is 0 Å². The van der Waals surface area contributed by atoms with E-state index < -0.39 is 10.0 Å². The predicted octanol–water partition coefficient (Wildman–Crippen LogP) is 6.05. The molecule has 206 valence electrons. The Labute approximate surface area is 238 Å². The average Bonchev–Trinajstić information content (AvgIpc) is 3.31. The van der Waals surface area contributed by atoms with Crippen molar-refractivity contribution in [3.63, 3.8) is 0 Å². The molecule has 0 aliphatic rings. The van der Waals surface area contributed by atoms with Crippen LogP contribution in [0.5, 0.6) is 11.5 Å². The Morgan fingerprint density at radius 3 is 2.34 bits per heavy atom. The van der Waals surface area contributed by atoms with Gasteiger partial charge in [-0.15, -0.1) is 11.3 Å². The maximum absolute atomic E-state index is 13.6. The minimum Gasteiger partial charge on any atom is -0.493 e. The van der Waals surface area contributed by atoms with Gasteiger partial charge in [0.05, 0.1) is 32.3 Å². The number of carbonyl (C=O) groups is 1. The third-order valence-electron chi connectivity index (χ3n) is 5.91. The number of rotatable bonds is 13. The summed E-state index contributed by atoms with van der Waals surface area (Å²) in [5.74, 6) is 0.931. The molecule has 0 bridgehead atoms. The van der Waals surface area contributed by atoms with Crippen LogP contribution in [0.4, 0.5) is 0 Å². The van der Waals surface area contributed by atoms with Crippen LogP contribution in [-0.2, 0) is 27.8 Å². The molecule has 0 aliphatic carbocycles. The van der Waals surface area contributed by atoms with Gasteiger partial charge in [0.2, 0.25) is 15.9 Å². The smallest absolute Gasteiger partial charge is 0.245 e. The number of amides is 1. The number of ether oxygens (including phenoxy) is 2. The second kappa shape index (κ2) is 13.7. The third kappa shape index (κ3) is 7.64. The number of methoxy groups -OCH3 is 2. The Hall–Kier alpha value is -2.30. The van der Waals surface area contributed by atoms with E-state index in [1.165, 1.54) is 22.5 Å². The molecule has 1 heterocycles. The first-order chi connectivity index (χ1) is 18.1. The highest BCUT2D eigenvalue weighted by atomic mass is 35.5. The lowest BCUT2D eigenvalue weighted by atomic mass is 10.1. The van der Waals surface area contributed by atoms with Crippen molar-refractivity contribution in [2.75, 3.05) is 33.9 Å². The second-order valence-corrected chi connectivity index (χ2v) is 12.8. The molecule has 3 rings (SSSR count). The minimum absolute atomic E-state index is 0.0577. The lowest BCUT2D eigenvalue weighted by Crippen LogP contribution is -2.43. The first kappa shape index (κ1) is 30.2. The van der Waals surface area contributed by atoms with Gasteiger partial charge in [-0.2, -0.15) is 4.31 Å². The van der Waals surface area contributed by atoms with E-state index >= 15 is 0 Å². The summed E-state index contributed by atoms with van der Waals surface area (Å²) in [5.41, 5.74) is 0.964. The first-order valence-corrected chi connectivity index (χ1v) is 15.1. The topological polar surface area (TPSA) is 76.2 Å². The van der Waals surface area contributed by atoms with Gasteiger partial charge in [-0.25, -0.2) is 8.42 Å². The zero-order valence-electron chi connectivity index (χ0n) is 21.9. The maximum atomic E-state index is 13.6. The number of halogens is 2. The zero-order valence-corrected chi connectivity index (χ0v) is 25.0. The average molecular weight is 600 g/mol. The lowest BCUT2D eigenvalue weighted by Gasteiger charge is -2.27. The molecule has 0 fully saturated rings. The summed E-state index contributed by atoms with van der Waals surface area (Å²) in [6.07, 6.45) is 1.08. The van der Waals surface area contributed by atoms with Crippen LogP contribution in [0.25, 0.3) is 0 Å². The predicted molar refractivity (Wildman–Crippen MR) is 153 cm³/mol. The van der Waals surface area contributed by atoms with Gasteiger partial charge in [-0.1, -0.05) is 36.2 Å². The van der Waals surface area contributed by atoms with E-state index in [1.54, 1.807) is 30.5 Å². The van der Waals surface area contributed by atoms with Crippen molar-refractivity contribution in [1.29, 1.82) is 0 Å². The van der Waals surface area contributed by atoms with Crippen LogP contribution < -0.4 is 9.47 Å². The van der Waals surface area contributed by atoms with Crippen molar-refractivity contribution in [2.45, 2.75) is 38.1 Å². The van der Waals surface area contributed by atoms with Crippen LogP contribution in [0.15, 0.2) is 53.4 Å². The summed E-state index contributed by atoms with van der Waals surface area (Å²) < 4.78 is 38.9. The Kier molecular flexibility index (Phi) is 10.9. The summed E-state index contributed by atoms with van der Waals surface area (Å²) in [4.78, 5) is 17.4. The maximum Gasteiger partial charge on any atom is 0.245 e. The first-order valence-electron chi connectivity index (χ1n) is 12.1. The minimum atomic E-state index is -4.06. The Bertz CT molecular complexity index is 1360. The second-order valence-electron chi connectivity index (χ2n) is 8.68. The van der Waals surface area contributed by atoms with Gasteiger partial charge in [0.25, 0.3) is 0 Å². The summed E-state index contributed by atoms with van der Waals surface area (Å²) in [6.45, 7) is 4.49. The number of benzene rings is 2. The molecule has 1 aromatic heterocycles. The lowest BCUT2D eigenvalue weighted by molar-refractivity contribution is -0.132. The number of carbonyl (C=O) groups excluding carboxylic acids is 1. The molecule has 1 amide bonds. The van der Waals surface area contributed by atoms with Crippen LogP contribution in [0.1, 0.15) is 28.7 Å². The van der Waals surface area contributed by atoms with Crippen molar-refractivity contribution < 1.29 is 22.7 Å². The Balaban J connectivity index is 1.86. The van der Waals surface area contributed by atoms with E-state index in [0.717, 1.165) is 15.3 Å². The third-order valence-corrected chi connectivity index (χ3v) is 9.46. The number of sulfonamides is 1. The molecule has 0 unspecified atom stereocenters. The molecule has 11 heteroatoms. The van der Waals surface area contributed by atoms with Gasteiger partial charge < -0.3 is 14.4 Å². The highest BCUT2D eigenvalue weighted by molar-refractivity contribution is 7.89. The van der Waals surface area contributed by atoms with Crippen LogP contribution in [0, 0.1) is 6.92 Å². The number of hydrogen-bond donors (Lipinski definition) is 0. The van der Waals surface area contributed by atoms with E-state index in [2.05, 4.69) is 0 Å². The molecule has 0 saturated heterocycles. The van der Waals surface area contributed by atoms with Crippen LogP contribution >= 0.6 is 34.5 Å². The molecule has 0 spiro atoms. The quantitative estimate of drug-likeness (QED) is 0.239. The summed E-state index contributed by atoms with van der Waals surface area (Å²) in [7, 11) is -0.904. The van der Waals surface area contributed by atoms with Crippen molar-refractivity contribution in [3.8, 4) is 11.5 Å². The summed E-state index contributed by atoms with van der Waals surface area (Å²) in [6, 6.07) is 13.9. The van der Waals surface area contributed by atoms with Crippen molar-refractivity contribution in [3.05, 3.63) is 73.9 Å². The SMILES string of the molecule is CCCN(CC(=O)N(CCc1ccc(OC)c(OC)c1)Cc1ccc(C)s1)S(=O)(=O)c1cc(Cl)ccc1Cl. The molecular formula is C27H32Cl2N2O5S2. The zero-order chi connectivity index (χ0) is 27.9. The van der Waals surface area contributed by atoms with Crippen LogP contribution in [0.2, 0.25) is 10.0 Å². The fourth-order valence-corrected chi connectivity index (χ4v) is 7.07.